The molecule has 0 aliphatic carbocycles. The summed E-state index contributed by atoms with van der Waals surface area (Å²) in [6, 6.07) is 12.5. The molecule has 3 aromatic heterocycles. The van der Waals surface area contributed by atoms with E-state index in [1.54, 1.807) is 11.3 Å². The lowest BCUT2D eigenvalue weighted by Gasteiger charge is -2.03. The third kappa shape index (κ3) is 3.24. The molecule has 1 aromatic carbocycles. The molecule has 0 amide bonds. The Balaban J connectivity index is 0.000000880. The van der Waals surface area contributed by atoms with E-state index in [1.165, 1.54) is 26.7 Å². The van der Waals surface area contributed by atoms with Crippen molar-refractivity contribution in [3.8, 4) is 0 Å². The number of thiophene rings is 1. The predicted octanol–water partition coefficient (Wildman–Crippen LogP) is 5.44. The molecule has 1 N–H and O–H groups in total. The van der Waals surface area contributed by atoms with Gasteiger partial charge in [-0.2, -0.15) is 5.10 Å². The summed E-state index contributed by atoms with van der Waals surface area (Å²) >= 11 is 1.72. The Bertz CT molecular complexity index is 999. The van der Waals surface area contributed by atoms with Gasteiger partial charge in [-0.1, -0.05) is 44.2 Å². The van der Waals surface area contributed by atoms with Crippen molar-refractivity contribution < 1.29 is 0 Å². The summed E-state index contributed by atoms with van der Waals surface area (Å²) in [5, 5.41) is 9.36. The Morgan fingerprint density at radius 2 is 1.84 bits per heavy atom. The summed E-state index contributed by atoms with van der Waals surface area (Å²) < 4.78 is 3.14. The Hall–Kier alpha value is -2.40. The molecule has 0 aliphatic heterocycles. The number of pyridine rings is 1. The normalized spacial score (nSPS) is 10.8. The zero-order valence-electron chi connectivity index (χ0n) is 15.4. The van der Waals surface area contributed by atoms with Crippen LogP contribution in [-0.2, 0) is 13.6 Å². The average molecular weight is 353 g/mol. The molecule has 0 atom stereocenters. The molecule has 4 rings (SSSR count). The number of hydrogen-bond acceptors (Lipinski definition) is 4. The Kier molecular flexibility index (Phi) is 5.04. The number of hydrogen-bond donors (Lipinski definition) is 1. The fourth-order valence-corrected chi connectivity index (χ4v) is 4.32. The van der Waals surface area contributed by atoms with E-state index in [2.05, 4.69) is 47.7 Å². The maximum absolute atomic E-state index is 4.70. The molecule has 4 nitrogen and oxygen atoms in total. The van der Waals surface area contributed by atoms with Crippen molar-refractivity contribution in [1.29, 1.82) is 0 Å². The van der Waals surface area contributed by atoms with Gasteiger partial charge in [0.15, 0.2) is 5.82 Å². The van der Waals surface area contributed by atoms with Crippen molar-refractivity contribution >= 4 is 37.6 Å². The van der Waals surface area contributed by atoms with Gasteiger partial charge in [-0.05, 0) is 31.0 Å². The summed E-state index contributed by atoms with van der Waals surface area (Å²) in [5.74, 6) is 0.936. The summed E-state index contributed by atoms with van der Waals surface area (Å²) in [7, 11) is 2.00. The van der Waals surface area contributed by atoms with Gasteiger partial charge in [-0.15, -0.1) is 11.3 Å². The first-order valence-corrected chi connectivity index (χ1v) is 9.46. The number of aryl methyl sites for hydroxylation is 3. The molecular formula is C20H24N4S. The zero-order valence-corrected chi connectivity index (χ0v) is 16.2. The van der Waals surface area contributed by atoms with Crippen LogP contribution in [0.5, 0.6) is 0 Å². The lowest BCUT2D eigenvalue weighted by molar-refractivity contribution is 0.799. The minimum Gasteiger partial charge on any atom is -0.363 e. The van der Waals surface area contributed by atoms with Gasteiger partial charge in [-0.3, -0.25) is 4.68 Å². The van der Waals surface area contributed by atoms with E-state index >= 15 is 0 Å². The van der Waals surface area contributed by atoms with Crippen LogP contribution in [0.15, 0.2) is 36.4 Å². The van der Waals surface area contributed by atoms with Crippen molar-refractivity contribution in [3.63, 3.8) is 0 Å². The van der Waals surface area contributed by atoms with Crippen LogP contribution in [0.1, 0.15) is 30.7 Å². The number of fused-ring (bicyclic) bond motifs is 3. The van der Waals surface area contributed by atoms with E-state index < -0.39 is 0 Å². The molecule has 0 saturated heterocycles. The second kappa shape index (κ2) is 7.23. The second-order valence-corrected chi connectivity index (χ2v) is 6.85. The van der Waals surface area contributed by atoms with Crippen LogP contribution in [0.2, 0.25) is 0 Å². The van der Waals surface area contributed by atoms with Crippen LogP contribution in [0.4, 0.5) is 5.82 Å². The number of rotatable bonds is 3. The van der Waals surface area contributed by atoms with E-state index in [-0.39, 0.29) is 0 Å². The third-order valence-corrected chi connectivity index (χ3v) is 5.13. The molecule has 0 unspecified atom stereocenters. The maximum Gasteiger partial charge on any atom is 0.166 e. The topological polar surface area (TPSA) is 42.7 Å². The van der Waals surface area contributed by atoms with Crippen LogP contribution in [0, 0.1) is 13.8 Å². The molecule has 0 radical (unpaired) electrons. The molecule has 0 spiro atoms. The quantitative estimate of drug-likeness (QED) is 0.534. The molecule has 3 heterocycles. The SMILES string of the molecule is CC.Cc1cc(C)c2c(n1)sc1c(NCc3ccccc3)nn(C)c12. The molecular weight excluding hydrogens is 328 g/mol. The fourth-order valence-electron chi connectivity index (χ4n) is 3.03. The van der Waals surface area contributed by atoms with Gasteiger partial charge in [0.25, 0.3) is 0 Å². The molecule has 5 heteroatoms. The van der Waals surface area contributed by atoms with Crippen molar-refractivity contribution in [3.05, 3.63) is 53.2 Å². The van der Waals surface area contributed by atoms with E-state index in [4.69, 9.17) is 4.98 Å². The molecule has 130 valence electrons. The number of nitrogens with zero attached hydrogens (tertiary/aromatic N) is 3. The summed E-state index contributed by atoms with van der Waals surface area (Å²) in [4.78, 5) is 5.79. The standard InChI is InChI=1S/C18H18N4S.C2H6/c1-11-9-12(2)20-18-14(11)15-16(23-18)17(21-22(15)3)19-10-13-7-5-4-6-8-13;1-2/h4-9H,10H2,1-3H3,(H,19,21);1-2H3. The lowest BCUT2D eigenvalue weighted by Crippen LogP contribution is -2.00. The highest BCUT2D eigenvalue weighted by Gasteiger charge is 2.17. The highest BCUT2D eigenvalue weighted by atomic mass is 32.1. The van der Waals surface area contributed by atoms with E-state index in [0.29, 0.717) is 0 Å². The molecule has 0 bridgehead atoms. The van der Waals surface area contributed by atoms with Gasteiger partial charge in [-0.25, -0.2) is 4.98 Å². The first kappa shape index (κ1) is 17.4. The van der Waals surface area contributed by atoms with Crippen LogP contribution in [0.25, 0.3) is 20.4 Å². The van der Waals surface area contributed by atoms with Crippen LogP contribution < -0.4 is 5.32 Å². The number of benzene rings is 1. The highest BCUT2D eigenvalue weighted by molar-refractivity contribution is 7.26. The van der Waals surface area contributed by atoms with Crippen LogP contribution in [-0.4, -0.2) is 14.8 Å². The van der Waals surface area contributed by atoms with Gasteiger partial charge in [0.1, 0.15) is 4.83 Å². The predicted molar refractivity (Wildman–Crippen MR) is 108 cm³/mol. The first-order chi connectivity index (χ1) is 12.1. The van der Waals surface area contributed by atoms with E-state index in [0.717, 1.165) is 22.9 Å². The van der Waals surface area contributed by atoms with Crippen LogP contribution >= 0.6 is 11.3 Å². The summed E-state index contributed by atoms with van der Waals surface area (Å²) in [6.07, 6.45) is 0. The zero-order chi connectivity index (χ0) is 18.0. The van der Waals surface area contributed by atoms with Crippen molar-refractivity contribution in [1.82, 2.24) is 14.8 Å². The van der Waals surface area contributed by atoms with Crippen molar-refractivity contribution in [2.75, 3.05) is 5.32 Å². The van der Waals surface area contributed by atoms with Crippen molar-refractivity contribution in [2.45, 2.75) is 34.2 Å². The number of aromatic nitrogens is 3. The maximum atomic E-state index is 4.70. The number of nitrogens with one attached hydrogen (secondary N) is 1. The minimum atomic E-state index is 0.770. The van der Waals surface area contributed by atoms with Crippen molar-refractivity contribution in [2.24, 2.45) is 7.05 Å². The van der Waals surface area contributed by atoms with Gasteiger partial charge >= 0.3 is 0 Å². The third-order valence-electron chi connectivity index (χ3n) is 4.05. The highest BCUT2D eigenvalue weighted by Crippen LogP contribution is 2.38. The Labute approximate surface area is 152 Å². The second-order valence-electron chi connectivity index (χ2n) is 5.85. The summed E-state index contributed by atoms with van der Waals surface area (Å²) in [6.45, 7) is 8.96. The molecule has 0 saturated carbocycles. The minimum absolute atomic E-state index is 0.770. The number of anilines is 1. The van der Waals surface area contributed by atoms with Gasteiger partial charge in [0.2, 0.25) is 0 Å². The van der Waals surface area contributed by atoms with E-state index in [1.807, 2.05) is 38.6 Å². The van der Waals surface area contributed by atoms with Gasteiger partial charge in [0, 0.05) is 24.7 Å². The monoisotopic (exact) mass is 352 g/mol. The molecule has 4 aromatic rings. The Morgan fingerprint density at radius 1 is 1.12 bits per heavy atom. The smallest absolute Gasteiger partial charge is 0.166 e. The molecule has 25 heavy (non-hydrogen) atoms. The van der Waals surface area contributed by atoms with Gasteiger partial charge in [0.05, 0.1) is 10.2 Å². The summed E-state index contributed by atoms with van der Waals surface area (Å²) in [5.41, 5.74) is 4.74. The first-order valence-electron chi connectivity index (χ1n) is 8.65. The molecule has 0 fully saturated rings. The van der Waals surface area contributed by atoms with E-state index in [9.17, 15) is 0 Å². The lowest BCUT2D eigenvalue weighted by atomic mass is 10.1. The fraction of sp³-hybridized carbons (Fsp3) is 0.300. The largest absolute Gasteiger partial charge is 0.363 e. The molecule has 0 aliphatic rings. The Morgan fingerprint density at radius 3 is 2.56 bits per heavy atom. The average Bonchev–Trinajstić information content (AvgIpc) is 3.13. The van der Waals surface area contributed by atoms with Crippen LogP contribution in [0.3, 0.4) is 0 Å². The van der Waals surface area contributed by atoms with Gasteiger partial charge < -0.3 is 5.32 Å².